The van der Waals surface area contributed by atoms with E-state index in [1.54, 1.807) is 18.4 Å². The molecular weight excluding hydrogens is 223 g/mol. The van der Waals surface area contributed by atoms with Gasteiger partial charge in [0.1, 0.15) is 12.4 Å². The number of nitrogens with one attached hydrogen (secondary N) is 1. The van der Waals surface area contributed by atoms with Gasteiger partial charge in [0.05, 0.1) is 18.9 Å². The summed E-state index contributed by atoms with van der Waals surface area (Å²) in [6.07, 6.45) is -2.71. The minimum Gasteiger partial charge on any atom is -0.468 e. The summed E-state index contributed by atoms with van der Waals surface area (Å²) in [5, 5.41) is 2.99. The molecule has 0 spiro atoms. The summed E-state index contributed by atoms with van der Waals surface area (Å²) >= 11 is 0. The van der Waals surface area contributed by atoms with E-state index >= 15 is 0 Å². The zero-order valence-corrected chi connectivity index (χ0v) is 8.88. The van der Waals surface area contributed by atoms with E-state index < -0.39 is 12.8 Å². The van der Waals surface area contributed by atoms with Crippen LogP contribution in [0.15, 0.2) is 22.8 Å². The number of ether oxygens (including phenoxy) is 1. The van der Waals surface area contributed by atoms with Gasteiger partial charge in [-0.25, -0.2) is 0 Å². The fourth-order valence-electron chi connectivity index (χ4n) is 1.17. The van der Waals surface area contributed by atoms with Gasteiger partial charge in [-0.1, -0.05) is 0 Å². The van der Waals surface area contributed by atoms with Gasteiger partial charge in [0.15, 0.2) is 0 Å². The summed E-state index contributed by atoms with van der Waals surface area (Å²) in [6, 6.07) is 3.52. The predicted octanol–water partition coefficient (Wildman–Crippen LogP) is 2.51. The lowest BCUT2D eigenvalue weighted by Crippen LogP contribution is -2.25. The lowest BCUT2D eigenvalue weighted by Gasteiger charge is -2.12. The normalized spacial score (nSPS) is 14.0. The van der Waals surface area contributed by atoms with Crippen LogP contribution >= 0.6 is 0 Å². The Kier molecular flexibility index (Phi) is 4.82. The Labute approximate surface area is 91.6 Å². The molecular formula is C10H14F3NO2. The molecule has 16 heavy (non-hydrogen) atoms. The molecule has 1 heterocycles. The van der Waals surface area contributed by atoms with Crippen molar-refractivity contribution in [3.63, 3.8) is 0 Å². The average molecular weight is 237 g/mol. The SMILES string of the molecule is CC(NCCOCC(F)(F)F)c1ccco1. The Morgan fingerprint density at radius 1 is 1.50 bits per heavy atom. The number of furan rings is 1. The van der Waals surface area contributed by atoms with E-state index in [1.165, 1.54) is 0 Å². The summed E-state index contributed by atoms with van der Waals surface area (Å²) < 4.78 is 44.7. The molecule has 0 aliphatic carbocycles. The zero-order chi connectivity index (χ0) is 12.0. The molecule has 1 unspecified atom stereocenters. The van der Waals surface area contributed by atoms with Crippen LogP contribution < -0.4 is 5.32 Å². The van der Waals surface area contributed by atoms with Crippen molar-refractivity contribution < 1.29 is 22.3 Å². The van der Waals surface area contributed by atoms with Crippen LogP contribution in [0.2, 0.25) is 0 Å². The fourth-order valence-corrected chi connectivity index (χ4v) is 1.17. The highest BCUT2D eigenvalue weighted by Crippen LogP contribution is 2.14. The van der Waals surface area contributed by atoms with Crippen molar-refractivity contribution in [3.05, 3.63) is 24.2 Å². The van der Waals surface area contributed by atoms with Crippen molar-refractivity contribution in [2.45, 2.75) is 19.1 Å². The van der Waals surface area contributed by atoms with Crippen LogP contribution in [0.25, 0.3) is 0 Å². The number of hydrogen-bond donors (Lipinski definition) is 1. The quantitative estimate of drug-likeness (QED) is 0.772. The van der Waals surface area contributed by atoms with Gasteiger partial charge >= 0.3 is 6.18 Å². The molecule has 6 heteroatoms. The van der Waals surface area contributed by atoms with E-state index in [0.29, 0.717) is 6.54 Å². The van der Waals surface area contributed by atoms with E-state index in [0.717, 1.165) is 5.76 Å². The molecule has 0 aromatic carbocycles. The molecule has 0 amide bonds. The first-order valence-electron chi connectivity index (χ1n) is 4.90. The summed E-state index contributed by atoms with van der Waals surface area (Å²) in [6.45, 7) is 1.02. The van der Waals surface area contributed by atoms with Crippen molar-refractivity contribution in [1.82, 2.24) is 5.32 Å². The van der Waals surface area contributed by atoms with Crippen molar-refractivity contribution in [2.75, 3.05) is 19.8 Å². The van der Waals surface area contributed by atoms with E-state index in [9.17, 15) is 13.2 Å². The van der Waals surface area contributed by atoms with Crippen molar-refractivity contribution in [1.29, 1.82) is 0 Å². The molecule has 0 saturated carbocycles. The second-order valence-corrected chi connectivity index (χ2v) is 3.36. The smallest absolute Gasteiger partial charge is 0.411 e. The monoisotopic (exact) mass is 237 g/mol. The van der Waals surface area contributed by atoms with E-state index in [2.05, 4.69) is 10.1 Å². The fraction of sp³-hybridized carbons (Fsp3) is 0.600. The lowest BCUT2D eigenvalue weighted by molar-refractivity contribution is -0.173. The van der Waals surface area contributed by atoms with Crippen LogP contribution in [-0.4, -0.2) is 25.9 Å². The number of alkyl halides is 3. The van der Waals surface area contributed by atoms with E-state index in [4.69, 9.17) is 4.42 Å². The Morgan fingerprint density at radius 2 is 2.25 bits per heavy atom. The van der Waals surface area contributed by atoms with Crippen LogP contribution in [0.1, 0.15) is 18.7 Å². The summed E-state index contributed by atoms with van der Waals surface area (Å²) in [7, 11) is 0. The summed E-state index contributed by atoms with van der Waals surface area (Å²) in [4.78, 5) is 0. The van der Waals surface area contributed by atoms with Gasteiger partial charge in [-0.15, -0.1) is 0 Å². The topological polar surface area (TPSA) is 34.4 Å². The molecule has 0 aliphatic rings. The van der Waals surface area contributed by atoms with Crippen molar-refractivity contribution in [3.8, 4) is 0 Å². The third-order valence-electron chi connectivity index (χ3n) is 1.93. The molecule has 92 valence electrons. The molecule has 0 bridgehead atoms. The number of hydrogen-bond acceptors (Lipinski definition) is 3. The molecule has 1 atom stereocenters. The molecule has 0 radical (unpaired) electrons. The first-order chi connectivity index (χ1) is 7.49. The van der Waals surface area contributed by atoms with Gasteiger partial charge in [0, 0.05) is 6.54 Å². The molecule has 1 N–H and O–H groups in total. The second kappa shape index (κ2) is 5.91. The lowest BCUT2D eigenvalue weighted by atomic mass is 10.2. The minimum atomic E-state index is -4.26. The van der Waals surface area contributed by atoms with Crippen LogP contribution in [0.4, 0.5) is 13.2 Å². The molecule has 0 saturated heterocycles. The van der Waals surface area contributed by atoms with Crippen molar-refractivity contribution in [2.24, 2.45) is 0 Å². The van der Waals surface area contributed by atoms with Crippen LogP contribution in [0, 0.1) is 0 Å². The largest absolute Gasteiger partial charge is 0.468 e. The molecule has 0 fully saturated rings. The first kappa shape index (κ1) is 13.1. The zero-order valence-electron chi connectivity index (χ0n) is 8.88. The van der Waals surface area contributed by atoms with Gasteiger partial charge in [-0.3, -0.25) is 0 Å². The molecule has 0 aliphatic heterocycles. The van der Waals surface area contributed by atoms with Gasteiger partial charge in [0.25, 0.3) is 0 Å². The van der Waals surface area contributed by atoms with Gasteiger partial charge in [0.2, 0.25) is 0 Å². The molecule has 1 aromatic heterocycles. The van der Waals surface area contributed by atoms with E-state index in [-0.39, 0.29) is 12.6 Å². The average Bonchev–Trinajstić information content (AvgIpc) is 2.67. The Bertz CT molecular complexity index is 285. The maximum Gasteiger partial charge on any atom is 0.411 e. The molecule has 3 nitrogen and oxygen atoms in total. The maximum atomic E-state index is 11.7. The Morgan fingerprint density at radius 3 is 2.81 bits per heavy atom. The minimum absolute atomic E-state index is 0.0184. The highest BCUT2D eigenvalue weighted by molar-refractivity contribution is 5.02. The molecule has 1 aromatic rings. The third kappa shape index (κ3) is 5.18. The van der Waals surface area contributed by atoms with Gasteiger partial charge < -0.3 is 14.5 Å². The third-order valence-corrected chi connectivity index (χ3v) is 1.93. The first-order valence-corrected chi connectivity index (χ1v) is 4.90. The standard InChI is InChI=1S/C10H14F3NO2/c1-8(9-3-2-5-16-9)14-4-6-15-7-10(11,12)13/h2-3,5,8,14H,4,6-7H2,1H3. The highest BCUT2D eigenvalue weighted by Gasteiger charge is 2.27. The second-order valence-electron chi connectivity index (χ2n) is 3.36. The summed E-state index contributed by atoms with van der Waals surface area (Å²) in [5.74, 6) is 0.746. The number of rotatable bonds is 6. The Hall–Kier alpha value is -1.01. The molecule has 1 rings (SSSR count). The number of halogens is 3. The highest BCUT2D eigenvalue weighted by atomic mass is 19.4. The maximum absolute atomic E-state index is 11.7. The predicted molar refractivity (Wildman–Crippen MR) is 52.0 cm³/mol. The summed E-state index contributed by atoms with van der Waals surface area (Å²) in [5.41, 5.74) is 0. The van der Waals surface area contributed by atoms with Crippen LogP contribution in [-0.2, 0) is 4.74 Å². The van der Waals surface area contributed by atoms with Crippen LogP contribution in [0.5, 0.6) is 0 Å². The van der Waals surface area contributed by atoms with Gasteiger partial charge in [-0.2, -0.15) is 13.2 Å². The van der Waals surface area contributed by atoms with Crippen molar-refractivity contribution >= 4 is 0 Å². The Balaban J connectivity index is 2.08. The van der Waals surface area contributed by atoms with E-state index in [1.807, 2.05) is 6.92 Å². The van der Waals surface area contributed by atoms with Crippen LogP contribution in [0.3, 0.4) is 0 Å². The van der Waals surface area contributed by atoms with Gasteiger partial charge in [-0.05, 0) is 19.1 Å².